The van der Waals surface area contributed by atoms with Crippen LogP contribution >= 0.6 is 0 Å². The van der Waals surface area contributed by atoms with Gasteiger partial charge in [-0.05, 0) is 69.1 Å². The summed E-state index contributed by atoms with van der Waals surface area (Å²) in [4.78, 5) is 12.6. The van der Waals surface area contributed by atoms with Crippen molar-refractivity contribution in [2.24, 2.45) is 17.6 Å². The highest BCUT2D eigenvalue weighted by Crippen LogP contribution is 2.39. The van der Waals surface area contributed by atoms with E-state index in [1.165, 1.54) is 19.3 Å². The first-order valence-corrected chi connectivity index (χ1v) is 10.7. The second kappa shape index (κ2) is 8.57. The Hall–Kier alpha value is -2.34. The van der Waals surface area contributed by atoms with Crippen LogP contribution in [-0.2, 0) is 17.8 Å². The van der Waals surface area contributed by atoms with E-state index in [9.17, 15) is 4.79 Å². The molecule has 2 bridgehead atoms. The van der Waals surface area contributed by atoms with Crippen molar-refractivity contribution < 1.29 is 14.1 Å². The number of hydrogen-bond donors (Lipinski definition) is 2. The van der Waals surface area contributed by atoms with Gasteiger partial charge in [0.15, 0.2) is 0 Å². The van der Waals surface area contributed by atoms with E-state index < -0.39 is 0 Å². The van der Waals surface area contributed by atoms with Gasteiger partial charge in [0.05, 0.1) is 17.7 Å². The number of carbonyl (C=O) groups excluding carboxylic acids is 1. The molecule has 1 amide bonds. The summed E-state index contributed by atoms with van der Waals surface area (Å²) < 4.78 is 11.0. The van der Waals surface area contributed by atoms with Gasteiger partial charge in [0.25, 0.3) is 0 Å². The molecular formula is C23H31N3O3. The Bertz CT molecular complexity index is 812. The fraction of sp³-hybridized carbons (Fsp3) is 0.565. The summed E-state index contributed by atoms with van der Waals surface area (Å²) in [6.07, 6.45) is 6.12. The zero-order valence-corrected chi connectivity index (χ0v) is 17.3. The minimum absolute atomic E-state index is 0.103. The second-order valence-corrected chi connectivity index (χ2v) is 8.69. The summed E-state index contributed by atoms with van der Waals surface area (Å²) in [6, 6.07) is 8.34. The highest BCUT2D eigenvalue weighted by molar-refractivity contribution is 5.79. The largest absolute Gasteiger partial charge is 0.489 e. The van der Waals surface area contributed by atoms with Crippen molar-refractivity contribution in [1.29, 1.82) is 0 Å². The predicted molar refractivity (Wildman–Crippen MR) is 110 cm³/mol. The normalized spacial score (nSPS) is 26.2. The van der Waals surface area contributed by atoms with Crippen LogP contribution in [0.15, 0.2) is 28.8 Å². The first-order chi connectivity index (χ1) is 14.0. The van der Waals surface area contributed by atoms with Gasteiger partial charge in [-0.15, -0.1) is 0 Å². The molecule has 4 rings (SSSR count). The summed E-state index contributed by atoms with van der Waals surface area (Å²) in [5.74, 6) is 2.74. The molecule has 3 N–H and O–H groups in total. The fourth-order valence-electron chi connectivity index (χ4n) is 5.01. The first-order valence-electron chi connectivity index (χ1n) is 10.7. The smallest absolute Gasteiger partial charge is 0.224 e. The molecule has 0 spiro atoms. The van der Waals surface area contributed by atoms with Gasteiger partial charge in [-0.25, -0.2) is 0 Å². The maximum absolute atomic E-state index is 12.6. The lowest BCUT2D eigenvalue weighted by Gasteiger charge is -2.45. The lowest BCUT2D eigenvalue weighted by atomic mass is 9.67. The van der Waals surface area contributed by atoms with Crippen LogP contribution in [0.3, 0.4) is 0 Å². The minimum atomic E-state index is 0.103. The predicted octanol–water partition coefficient (Wildman–Crippen LogP) is 3.44. The maximum Gasteiger partial charge on any atom is 0.224 e. The molecule has 0 aliphatic heterocycles. The van der Waals surface area contributed by atoms with Crippen molar-refractivity contribution in [2.45, 2.75) is 71.1 Å². The molecule has 6 nitrogen and oxygen atoms in total. The van der Waals surface area contributed by atoms with E-state index in [1.54, 1.807) is 0 Å². The Kier molecular flexibility index (Phi) is 5.90. The molecular weight excluding hydrogens is 366 g/mol. The number of fused-ring (bicyclic) bond motifs is 2. The van der Waals surface area contributed by atoms with Crippen LogP contribution in [0.4, 0.5) is 0 Å². The monoisotopic (exact) mass is 397 g/mol. The van der Waals surface area contributed by atoms with Crippen molar-refractivity contribution in [1.82, 2.24) is 10.5 Å². The zero-order chi connectivity index (χ0) is 20.4. The third kappa shape index (κ3) is 4.64. The Balaban J connectivity index is 1.30. The number of amides is 1. The van der Waals surface area contributed by atoms with Crippen LogP contribution in [0, 0.1) is 25.7 Å². The molecule has 6 heteroatoms. The molecule has 2 fully saturated rings. The Labute approximate surface area is 172 Å². The number of benzene rings is 1. The van der Waals surface area contributed by atoms with E-state index in [-0.39, 0.29) is 5.91 Å². The van der Waals surface area contributed by atoms with Crippen LogP contribution in [0.25, 0.3) is 0 Å². The van der Waals surface area contributed by atoms with E-state index >= 15 is 0 Å². The topological polar surface area (TPSA) is 90.4 Å². The summed E-state index contributed by atoms with van der Waals surface area (Å²) >= 11 is 0. The van der Waals surface area contributed by atoms with Gasteiger partial charge in [0.2, 0.25) is 5.91 Å². The number of aromatic nitrogens is 1. The third-order valence-corrected chi connectivity index (χ3v) is 6.56. The Morgan fingerprint density at radius 1 is 1.21 bits per heavy atom. The molecule has 29 heavy (non-hydrogen) atoms. The van der Waals surface area contributed by atoms with Crippen LogP contribution < -0.4 is 15.8 Å². The number of ether oxygens (including phenoxy) is 1. The van der Waals surface area contributed by atoms with Gasteiger partial charge >= 0.3 is 0 Å². The number of nitrogens with two attached hydrogens (primary N) is 1. The lowest BCUT2D eigenvalue weighted by Crippen LogP contribution is -2.54. The molecule has 1 aromatic heterocycles. The van der Waals surface area contributed by atoms with Crippen LogP contribution in [0.1, 0.15) is 54.7 Å². The molecule has 1 heterocycles. The maximum atomic E-state index is 12.6. The SMILES string of the molecule is Cc1noc(C)c1COc1ccc(CC(=O)NC2C3CCCC2CC(N)C3)cc1. The Morgan fingerprint density at radius 3 is 2.52 bits per heavy atom. The molecule has 0 radical (unpaired) electrons. The van der Waals surface area contributed by atoms with E-state index in [2.05, 4.69) is 10.5 Å². The number of nitrogens with one attached hydrogen (secondary N) is 1. The summed E-state index contributed by atoms with van der Waals surface area (Å²) in [5, 5.41) is 7.26. The van der Waals surface area contributed by atoms with Gasteiger partial charge in [0, 0.05) is 12.1 Å². The number of aryl methyl sites for hydroxylation is 2. The third-order valence-electron chi connectivity index (χ3n) is 6.56. The summed E-state index contributed by atoms with van der Waals surface area (Å²) in [7, 11) is 0. The van der Waals surface area contributed by atoms with Gasteiger partial charge in [0.1, 0.15) is 18.1 Å². The zero-order valence-electron chi connectivity index (χ0n) is 17.3. The number of rotatable bonds is 6. The van der Waals surface area contributed by atoms with Crippen molar-refractivity contribution in [3.63, 3.8) is 0 Å². The highest BCUT2D eigenvalue weighted by Gasteiger charge is 2.39. The van der Waals surface area contributed by atoms with E-state index in [0.29, 0.717) is 36.9 Å². The number of carbonyl (C=O) groups is 1. The second-order valence-electron chi connectivity index (χ2n) is 8.69. The first kappa shape index (κ1) is 20.0. The molecule has 2 atom stereocenters. The molecule has 2 aliphatic carbocycles. The van der Waals surface area contributed by atoms with Crippen molar-refractivity contribution in [3.8, 4) is 5.75 Å². The average Bonchev–Trinajstić information content (AvgIpc) is 3.00. The van der Waals surface area contributed by atoms with Gasteiger partial charge < -0.3 is 20.3 Å². The van der Waals surface area contributed by atoms with Crippen molar-refractivity contribution in [2.75, 3.05) is 0 Å². The van der Waals surface area contributed by atoms with Crippen LogP contribution in [0.2, 0.25) is 0 Å². The Morgan fingerprint density at radius 2 is 1.90 bits per heavy atom. The van der Waals surface area contributed by atoms with Crippen LogP contribution in [0.5, 0.6) is 5.75 Å². The quantitative estimate of drug-likeness (QED) is 0.779. The molecule has 156 valence electrons. The van der Waals surface area contributed by atoms with E-state index in [4.69, 9.17) is 15.0 Å². The molecule has 0 saturated heterocycles. The average molecular weight is 398 g/mol. The van der Waals surface area contributed by atoms with Crippen molar-refractivity contribution in [3.05, 3.63) is 46.8 Å². The lowest BCUT2D eigenvalue weighted by molar-refractivity contribution is -0.122. The standard InChI is InChI=1S/C23H31N3O3/c1-14-21(15(2)29-26-14)13-28-20-8-6-16(7-9-20)10-22(27)25-23-17-4-3-5-18(23)12-19(24)11-17/h6-9,17-19,23H,3-5,10-13,24H2,1-2H3,(H,25,27). The molecule has 2 unspecified atom stereocenters. The fourth-order valence-corrected chi connectivity index (χ4v) is 5.01. The van der Waals surface area contributed by atoms with Crippen LogP contribution in [-0.4, -0.2) is 23.1 Å². The van der Waals surface area contributed by atoms with E-state index in [1.807, 2.05) is 38.1 Å². The van der Waals surface area contributed by atoms with E-state index in [0.717, 1.165) is 41.2 Å². The molecule has 2 saturated carbocycles. The van der Waals surface area contributed by atoms with Gasteiger partial charge in [-0.3, -0.25) is 4.79 Å². The number of hydrogen-bond acceptors (Lipinski definition) is 5. The molecule has 2 aromatic rings. The van der Waals surface area contributed by atoms with Gasteiger partial charge in [-0.1, -0.05) is 23.7 Å². The summed E-state index contributed by atoms with van der Waals surface area (Å²) in [6.45, 7) is 4.22. The number of nitrogens with zero attached hydrogens (tertiary/aromatic N) is 1. The highest BCUT2D eigenvalue weighted by atomic mass is 16.5. The van der Waals surface area contributed by atoms with Gasteiger partial charge in [-0.2, -0.15) is 0 Å². The summed E-state index contributed by atoms with van der Waals surface area (Å²) in [5.41, 5.74) is 9.01. The minimum Gasteiger partial charge on any atom is -0.489 e. The molecule has 2 aliphatic rings. The van der Waals surface area contributed by atoms with Crippen molar-refractivity contribution >= 4 is 5.91 Å². The molecule has 1 aromatic carbocycles.